The van der Waals surface area contributed by atoms with Gasteiger partial charge in [-0.3, -0.25) is 5.10 Å². The van der Waals surface area contributed by atoms with Crippen molar-refractivity contribution in [2.24, 2.45) is 0 Å². The molecule has 1 aromatic carbocycles. The van der Waals surface area contributed by atoms with Gasteiger partial charge in [-0.25, -0.2) is 0 Å². The second kappa shape index (κ2) is 3.82. The number of H-pyrrole nitrogens is 1. The minimum Gasteiger partial charge on any atom is -0.277 e. The van der Waals surface area contributed by atoms with Crippen LogP contribution in [0.3, 0.4) is 0 Å². The van der Waals surface area contributed by atoms with Crippen molar-refractivity contribution in [2.45, 2.75) is 20.8 Å². The van der Waals surface area contributed by atoms with Gasteiger partial charge in [-0.2, -0.15) is 10.4 Å². The highest BCUT2D eigenvalue weighted by molar-refractivity contribution is 5.66. The second-order valence-corrected chi connectivity index (χ2v) is 3.96. The number of aryl methyl sites for hydroxylation is 1. The van der Waals surface area contributed by atoms with Crippen molar-refractivity contribution in [2.75, 3.05) is 0 Å². The van der Waals surface area contributed by atoms with Crippen molar-refractivity contribution >= 4 is 0 Å². The summed E-state index contributed by atoms with van der Waals surface area (Å²) in [5, 5.41) is 15.5. The lowest BCUT2D eigenvalue weighted by Crippen LogP contribution is -1.90. The maximum absolute atomic E-state index is 8.73. The van der Waals surface area contributed by atoms with Gasteiger partial charge in [0.1, 0.15) is 6.07 Å². The number of aromatic amines is 1. The molecule has 0 aliphatic heterocycles. The van der Waals surface area contributed by atoms with Gasteiger partial charge in [0.2, 0.25) is 0 Å². The zero-order chi connectivity index (χ0) is 11.7. The molecule has 2 rings (SSSR count). The molecule has 0 unspecified atom stereocenters. The first-order chi connectivity index (χ1) is 7.63. The first-order valence-corrected chi connectivity index (χ1v) is 5.16. The van der Waals surface area contributed by atoms with E-state index in [2.05, 4.69) is 43.1 Å². The molecule has 80 valence electrons. The third-order valence-electron chi connectivity index (χ3n) is 3.04. The van der Waals surface area contributed by atoms with Gasteiger partial charge in [-0.05, 0) is 37.5 Å². The molecule has 0 saturated carbocycles. The van der Waals surface area contributed by atoms with Gasteiger partial charge < -0.3 is 0 Å². The van der Waals surface area contributed by atoms with Gasteiger partial charge in [0.05, 0.1) is 5.69 Å². The summed E-state index contributed by atoms with van der Waals surface area (Å²) < 4.78 is 0. The maximum atomic E-state index is 8.73. The minimum absolute atomic E-state index is 0.424. The Morgan fingerprint density at radius 2 is 1.94 bits per heavy atom. The molecule has 0 saturated heterocycles. The SMILES string of the molecule is Cc1ccc(-c2cc(C#N)n[nH]2)c(C)c1C. The van der Waals surface area contributed by atoms with Crippen LogP contribution in [0.2, 0.25) is 0 Å². The van der Waals surface area contributed by atoms with Gasteiger partial charge in [-0.1, -0.05) is 12.1 Å². The summed E-state index contributed by atoms with van der Waals surface area (Å²) in [7, 11) is 0. The van der Waals surface area contributed by atoms with E-state index in [-0.39, 0.29) is 0 Å². The Morgan fingerprint density at radius 1 is 1.19 bits per heavy atom. The molecule has 0 bridgehead atoms. The van der Waals surface area contributed by atoms with E-state index in [0.717, 1.165) is 11.3 Å². The average Bonchev–Trinajstić information content (AvgIpc) is 2.74. The number of benzene rings is 1. The summed E-state index contributed by atoms with van der Waals surface area (Å²) in [5.74, 6) is 0. The highest BCUT2D eigenvalue weighted by Crippen LogP contribution is 2.26. The van der Waals surface area contributed by atoms with Crippen molar-refractivity contribution in [3.8, 4) is 17.3 Å². The highest BCUT2D eigenvalue weighted by atomic mass is 15.1. The van der Waals surface area contributed by atoms with Crippen LogP contribution in [-0.4, -0.2) is 10.2 Å². The monoisotopic (exact) mass is 211 g/mol. The number of rotatable bonds is 1. The van der Waals surface area contributed by atoms with Crippen molar-refractivity contribution in [1.29, 1.82) is 5.26 Å². The lowest BCUT2D eigenvalue weighted by molar-refractivity contribution is 1.07. The fraction of sp³-hybridized carbons (Fsp3) is 0.231. The largest absolute Gasteiger partial charge is 0.277 e. The Morgan fingerprint density at radius 3 is 2.56 bits per heavy atom. The van der Waals surface area contributed by atoms with Crippen LogP contribution in [0.1, 0.15) is 22.4 Å². The third-order valence-corrected chi connectivity index (χ3v) is 3.04. The van der Waals surface area contributed by atoms with E-state index in [1.807, 2.05) is 6.07 Å². The second-order valence-electron chi connectivity index (χ2n) is 3.96. The van der Waals surface area contributed by atoms with Crippen molar-refractivity contribution in [3.05, 3.63) is 40.6 Å². The van der Waals surface area contributed by atoms with E-state index in [1.165, 1.54) is 16.7 Å². The first kappa shape index (κ1) is 10.4. The molecule has 2 aromatic rings. The molecule has 0 spiro atoms. The molecule has 0 fully saturated rings. The van der Waals surface area contributed by atoms with Gasteiger partial charge in [0.25, 0.3) is 0 Å². The summed E-state index contributed by atoms with van der Waals surface area (Å²) in [6.07, 6.45) is 0. The van der Waals surface area contributed by atoms with Crippen LogP contribution in [0, 0.1) is 32.1 Å². The quantitative estimate of drug-likeness (QED) is 0.788. The summed E-state index contributed by atoms with van der Waals surface area (Å²) in [4.78, 5) is 0. The number of aromatic nitrogens is 2. The minimum atomic E-state index is 0.424. The summed E-state index contributed by atoms with van der Waals surface area (Å²) in [6.45, 7) is 6.29. The molecule has 1 heterocycles. The lowest BCUT2D eigenvalue weighted by atomic mass is 9.97. The number of nitrogens with one attached hydrogen (secondary N) is 1. The van der Waals surface area contributed by atoms with Crippen molar-refractivity contribution in [1.82, 2.24) is 10.2 Å². The third kappa shape index (κ3) is 1.59. The van der Waals surface area contributed by atoms with Crippen LogP contribution in [0.15, 0.2) is 18.2 Å². The molecule has 0 aliphatic rings. The smallest absolute Gasteiger partial charge is 0.162 e. The van der Waals surface area contributed by atoms with Crippen LogP contribution >= 0.6 is 0 Å². The molecule has 0 amide bonds. The molecule has 3 heteroatoms. The predicted octanol–water partition coefficient (Wildman–Crippen LogP) is 2.87. The lowest BCUT2D eigenvalue weighted by Gasteiger charge is -2.09. The Hall–Kier alpha value is -2.08. The average molecular weight is 211 g/mol. The van der Waals surface area contributed by atoms with Crippen LogP contribution < -0.4 is 0 Å². The van der Waals surface area contributed by atoms with E-state index >= 15 is 0 Å². The summed E-state index contributed by atoms with van der Waals surface area (Å²) in [6, 6.07) is 7.94. The Kier molecular flexibility index (Phi) is 2.49. The van der Waals surface area contributed by atoms with E-state index in [0.29, 0.717) is 5.69 Å². The van der Waals surface area contributed by atoms with Gasteiger partial charge >= 0.3 is 0 Å². The molecule has 1 N–H and O–H groups in total. The van der Waals surface area contributed by atoms with E-state index in [1.54, 1.807) is 6.07 Å². The fourth-order valence-corrected chi connectivity index (χ4v) is 1.76. The van der Waals surface area contributed by atoms with E-state index in [4.69, 9.17) is 5.26 Å². The van der Waals surface area contributed by atoms with Gasteiger partial charge in [0.15, 0.2) is 5.69 Å². The molecular weight excluding hydrogens is 198 g/mol. The molecule has 0 aliphatic carbocycles. The maximum Gasteiger partial charge on any atom is 0.162 e. The number of hydrogen-bond acceptors (Lipinski definition) is 2. The van der Waals surface area contributed by atoms with Crippen molar-refractivity contribution < 1.29 is 0 Å². The van der Waals surface area contributed by atoms with Crippen LogP contribution in [0.5, 0.6) is 0 Å². The molecule has 0 radical (unpaired) electrons. The van der Waals surface area contributed by atoms with E-state index in [9.17, 15) is 0 Å². The van der Waals surface area contributed by atoms with E-state index < -0.39 is 0 Å². The van der Waals surface area contributed by atoms with Crippen LogP contribution in [0.25, 0.3) is 11.3 Å². The molecule has 3 nitrogen and oxygen atoms in total. The predicted molar refractivity (Wildman–Crippen MR) is 62.9 cm³/mol. The summed E-state index contributed by atoms with van der Waals surface area (Å²) in [5.41, 5.74) is 6.22. The molecule has 0 atom stereocenters. The molecule has 1 aromatic heterocycles. The molecular formula is C13H13N3. The number of nitrogens with zero attached hydrogens (tertiary/aromatic N) is 2. The fourth-order valence-electron chi connectivity index (χ4n) is 1.76. The Bertz CT molecular complexity index is 573. The Balaban J connectivity index is 2.57. The van der Waals surface area contributed by atoms with Crippen LogP contribution in [0.4, 0.5) is 0 Å². The summed E-state index contributed by atoms with van der Waals surface area (Å²) >= 11 is 0. The Labute approximate surface area is 94.7 Å². The zero-order valence-corrected chi connectivity index (χ0v) is 9.63. The molecule has 16 heavy (non-hydrogen) atoms. The van der Waals surface area contributed by atoms with Crippen LogP contribution in [-0.2, 0) is 0 Å². The van der Waals surface area contributed by atoms with Gasteiger partial charge in [-0.15, -0.1) is 0 Å². The zero-order valence-electron chi connectivity index (χ0n) is 9.63. The first-order valence-electron chi connectivity index (χ1n) is 5.16. The highest BCUT2D eigenvalue weighted by Gasteiger charge is 2.08. The van der Waals surface area contributed by atoms with Gasteiger partial charge in [0, 0.05) is 11.6 Å². The topological polar surface area (TPSA) is 52.5 Å². The normalized spacial score (nSPS) is 10.1. The standard InChI is InChI=1S/C13H13N3/c1-8-4-5-12(10(3)9(8)2)13-6-11(7-14)15-16-13/h4-6H,1-3H3,(H,15,16). The number of hydrogen-bond donors (Lipinski definition) is 1. The van der Waals surface area contributed by atoms with Crippen molar-refractivity contribution in [3.63, 3.8) is 0 Å². The number of nitriles is 1.